The van der Waals surface area contributed by atoms with E-state index in [0.29, 0.717) is 23.0 Å². The lowest BCUT2D eigenvalue weighted by atomic mass is 9.98. The monoisotopic (exact) mass is 512 g/mol. The van der Waals surface area contributed by atoms with Gasteiger partial charge in [0.15, 0.2) is 23.1 Å². The highest BCUT2D eigenvalue weighted by Gasteiger charge is 2.25. The van der Waals surface area contributed by atoms with E-state index in [1.807, 2.05) is 39.7 Å². The summed E-state index contributed by atoms with van der Waals surface area (Å²) < 4.78 is 19.4. The number of hydrogen-bond acceptors (Lipinski definition) is 7. The van der Waals surface area contributed by atoms with Crippen LogP contribution < -0.4 is 10.5 Å². The molecule has 3 N–H and O–H groups in total. The predicted molar refractivity (Wildman–Crippen MR) is 142 cm³/mol. The van der Waals surface area contributed by atoms with Crippen molar-refractivity contribution in [1.82, 2.24) is 14.9 Å². The van der Waals surface area contributed by atoms with Gasteiger partial charge in [0, 0.05) is 29.4 Å². The zero-order valence-electron chi connectivity index (χ0n) is 19.9. The Labute approximate surface area is 212 Å². The fourth-order valence-corrected chi connectivity index (χ4v) is 4.89. The summed E-state index contributed by atoms with van der Waals surface area (Å²) in [7, 11) is 4.08. The maximum Gasteiger partial charge on any atom is 0.166 e. The summed E-state index contributed by atoms with van der Waals surface area (Å²) in [6, 6.07) is 9.27. The van der Waals surface area contributed by atoms with Gasteiger partial charge in [-0.3, -0.25) is 0 Å². The fraction of sp³-hybridized carbons (Fsp3) is 0.385. The molecule has 3 atom stereocenters. The van der Waals surface area contributed by atoms with Gasteiger partial charge < -0.3 is 20.5 Å². The predicted octanol–water partition coefficient (Wildman–Crippen LogP) is 4.45. The van der Waals surface area contributed by atoms with E-state index in [9.17, 15) is 9.50 Å². The van der Waals surface area contributed by atoms with Crippen LogP contribution in [0, 0.1) is 11.8 Å². The molecule has 2 aromatic heterocycles. The van der Waals surface area contributed by atoms with E-state index in [-0.39, 0.29) is 6.61 Å². The molecule has 0 spiro atoms. The van der Waals surface area contributed by atoms with Crippen molar-refractivity contribution in [2.24, 2.45) is 0 Å². The number of thiazole rings is 1. The second-order valence-corrected chi connectivity index (χ2v) is 10.7. The number of hydrogen-bond donors (Lipinski definition) is 2. The van der Waals surface area contributed by atoms with Gasteiger partial charge in [0.05, 0.1) is 9.88 Å². The van der Waals surface area contributed by atoms with Crippen LogP contribution in [0.2, 0.25) is 0 Å². The minimum Gasteiger partial charge on any atom is -0.485 e. The van der Waals surface area contributed by atoms with E-state index in [1.54, 1.807) is 23.6 Å². The number of ether oxygens (including phenoxy) is 1. The summed E-state index contributed by atoms with van der Waals surface area (Å²) in [5.41, 5.74) is 6.79. The summed E-state index contributed by atoms with van der Waals surface area (Å²) >= 11 is 1.70. The third-order valence-corrected chi connectivity index (χ3v) is 7.93. The Morgan fingerprint density at radius 2 is 2.09 bits per heavy atom. The number of alkyl halides is 1. The average molecular weight is 513 g/mol. The van der Waals surface area contributed by atoms with Crippen molar-refractivity contribution in [3.05, 3.63) is 58.9 Å². The lowest BCUT2D eigenvalue weighted by Gasteiger charge is -2.27. The maximum absolute atomic E-state index is 13.4. The number of aromatic nitrogens is 2. The minimum atomic E-state index is -1.73. The van der Waals surface area contributed by atoms with Gasteiger partial charge in [-0.15, -0.1) is 11.3 Å². The Bertz CT molecular complexity index is 1230. The van der Waals surface area contributed by atoms with E-state index < -0.39 is 11.5 Å². The smallest absolute Gasteiger partial charge is 0.166 e. The molecule has 1 aliphatic rings. The molecule has 3 heterocycles. The van der Waals surface area contributed by atoms with Crippen LogP contribution in [-0.4, -0.2) is 51.6 Å². The third kappa shape index (κ3) is 6.56. The standard InChI is InChI=1S/C26H30FN4O2PS/c1-26(32,25(27)34)9-6-17-4-3-5-18(12-17)16-33-21-13-20(14-29-23(21)28)22-15-30-24(35-22)19-7-10-31(2)11-8-19/h3-5,12-15,19,25,32H,7-8,10-11,16,34H2,1-2H3,(H2,28,29). The number of likely N-dealkylation sites (tertiary alicyclic amines) is 1. The van der Waals surface area contributed by atoms with Gasteiger partial charge in [0.1, 0.15) is 6.61 Å². The topological polar surface area (TPSA) is 84.5 Å². The van der Waals surface area contributed by atoms with Crippen LogP contribution in [-0.2, 0) is 6.61 Å². The highest BCUT2D eigenvalue weighted by molar-refractivity contribution is 7.17. The molecule has 0 aliphatic carbocycles. The molecule has 4 rings (SSSR count). The Kier molecular flexibility index (Phi) is 8.03. The van der Waals surface area contributed by atoms with Crippen LogP contribution in [0.25, 0.3) is 10.4 Å². The molecule has 3 unspecified atom stereocenters. The first-order valence-electron chi connectivity index (χ1n) is 11.5. The van der Waals surface area contributed by atoms with Gasteiger partial charge in [-0.2, -0.15) is 0 Å². The first-order valence-corrected chi connectivity index (χ1v) is 13.0. The van der Waals surface area contributed by atoms with Gasteiger partial charge in [-0.1, -0.05) is 33.2 Å². The average Bonchev–Trinajstić information content (AvgIpc) is 3.33. The van der Waals surface area contributed by atoms with Crippen molar-refractivity contribution >= 4 is 26.4 Å². The lowest BCUT2D eigenvalue weighted by molar-refractivity contribution is 0.0735. The van der Waals surface area contributed by atoms with Gasteiger partial charge >= 0.3 is 0 Å². The number of nitrogen functional groups attached to an aromatic ring is 1. The van der Waals surface area contributed by atoms with E-state index >= 15 is 0 Å². The molecule has 1 saturated heterocycles. The third-order valence-electron chi connectivity index (χ3n) is 6.08. The molecule has 6 nitrogen and oxygen atoms in total. The maximum atomic E-state index is 13.4. The van der Waals surface area contributed by atoms with Crippen molar-refractivity contribution in [3.8, 4) is 28.0 Å². The number of nitrogens with zero attached hydrogens (tertiary/aromatic N) is 3. The SMILES string of the molecule is CN1CCC(c2ncc(-c3cnc(N)c(OCc4cccc(C#CC(C)(O)C(F)P)c4)c3)s2)CC1. The number of piperidine rings is 1. The van der Waals surface area contributed by atoms with Gasteiger partial charge in [-0.25, -0.2) is 14.4 Å². The molecule has 35 heavy (non-hydrogen) atoms. The van der Waals surface area contributed by atoms with Crippen LogP contribution in [0.15, 0.2) is 42.7 Å². The lowest BCUT2D eigenvalue weighted by Crippen LogP contribution is -2.30. The van der Waals surface area contributed by atoms with Crippen LogP contribution >= 0.6 is 20.6 Å². The number of anilines is 1. The van der Waals surface area contributed by atoms with Crippen LogP contribution in [0.4, 0.5) is 10.2 Å². The van der Waals surface area contributed by atoms with E-state index in [0.717, 1.165) is 41.9 Å². The van der Waals surface area contributed by atoms with Crippen molar-refractivity contribution < 1.29 is 14.2 Å². The van der Waals surface area contributed by atoms with Crippen molar-refractivity contribution in [3.63, 3.8) is 0 Å². The molecular weight excluding hydrogens is 482 g/mol. The van der Waals surface area contributed by atoms with Crippen molar-refractivity contribution in [1.29, 1.82) is 0 Å². The molecular formula is C26H30FN4O2PS. The number of pyridine rings is 1. The van der Waals surface area contributed by atoms with E-state index in [4.69, 9.17) is 10.5 Å². The highest BCUT2D eigenvalue weighted by Crippen LogP contribution is 2.36. The summed E-state index contributed by atoms with van der Waals surface area (Å²) in [5.74, 6) is 5.18. The Morgan fingerprint density at radius 1 is 1.31 bits per heavy atom. The molecule has 0 radical (unpaired) electrons. The Morgan fingerprint density at radius 3 is 2.83 bits per heavy atom. The second-order valence-electron chi connectivity index (χ2n) is 9.04. The highest BCUT2D eigenvalue weighted by atomic mass is 32.1. The first-order chi connectivity index (χ1) is 16.7. The van der Waals surface area contributed by atoms with E-state index in [2.05, 4.69) is 33.8 Å². The summed E-state index contributed by atoms with van der Waals surface area (Å²) in [6.45, 7) is 3.80. The summed E-state index contributed by atoms with van der Waals surface area (Å²) in [4.78, 5) is 12.4. The summed E-state index contributed by atoms with van der Waals surface area (Å²) in [6.07, 6.45) is 5.92. The molecule has 1 aliphatic heterocycles. The van der Waals surface area contributed by atoms with Gasteiger partial charge in [-0.05, 0) is 63.7 Å². The number of halogens is 1. The van der Waals surface area contributed by atoms with Crippen LogP contribution in [0.5, 0.6) is 5.75 Å². The second kappa shape index (κ2) is 11.0. The molecule has 3 aromatic rings. The summed E-state index contributed by atoms with van der Waals surface area (Å²) in [5, 5.41) is 11.2. The fourth-order valence-electron chi connectivity index (χ4n) is 3.74. The zero-order chi connectivity index (χ0) is 25.0. The molecule has 184 valence electrons. The number of aliphatic hydroxyl groups is 1. The normalized spacial score (nSPS) is 17.3. The first kappa shape index (κ1) is 25.5. The number of benzene rings is 1. The zero-order valence-corrected chi connectivity index (χ0v) is 21.8. The number of rotatable bonds is 6. The van der Waals surface area contributed by atoms with E-state index in [1.165, 1.54) is 11.9 Å². The Balaban J connectivity index is 1.45. The van der Waals surface area contributed by atoms with Gasteiger partial charge in [0.25, 0.3) is 0 Å². The molecule has 0 saturated carbocycles. The van der Waals surface area contributed by atoms with Crippen molar-refractivity contribution in [2.45, 2.75) is 43.8 Å². The minimum absolute atomic E-state index is 0.264. The molecule has 1 aromatic carbocycles. The largest absolute Gasteiger partial charge is 0.485 e. The quantitative estimate of drug-likeness (QED) is 0.375. The van der Waals surface area contributed by atoms with Crippen LogP contribution in [0.3, 0.4) is 0 Å². The van der Waals surface area contributed by atoms with Gasteiger partial charge in [0.2, 0.25) is 0 Å². The molecule has 0 bridgehead atoms. The van der Waals surface area contributed by atoms with Crippen molar-refractivity contribution in [2.75, 3.05) is 25.9 Å². The number of nitrogens with two attached hydrogens (primary N) is 1. The molecule has 0 amide bonds. The van der Waals surface area contributed by atoms with Crippen LogP contribution in [0.1, 0.15) is 41.8 Å². The molecule has 1 fully saturated rings. The molecule has 9 heteroatoms. The Hall–Kier alpha value is -2.56.